The van der Waals surface area contributed by atoms with E-state index in [1.807, 2.05) is 24.4 Å². The number of urea groups is 1. The van der Waals surface area contributed by atoms with Crippen LogP contribution in [0.15, 0.2) is 30.5 Å². The molecule has 0 radical (unpaired) electrons. The molecule has 0 aliphatic heterocycles. The van der Waals surface area contributed by atoms with E-state index in [1.54, 1.807) is 19.1 Å². The van der Waals surface area contributed by atoms with Crippen LogP contribution in [0.1, 0.15) is 6.92 Å². The van der Waals surface area contributed by atoms with Crippen LogP contribution in [0.5, 0.6) is 0 Å². The molecule has 2 aromatic rings. The molecule has 0 saturated heterocycles. The zero-order valence-corrected chi connectivity index (χ0v) is 14.0. The minimum absolute atomic E-state index is 0.141. The number of carbonyl (C=O) groups is 1. The maximum Gasteiger partial charge on any atom is 0.322 e. The van der Waals surface area contributed by atoms with Crippen molar-refractivity contribution in [2.45, 2.75) is 13.5 Å². The largest absolute Gasteiger partial charge is 0.383 e. The molecule has 23 heavy (non-hydrogen) atoms. The van der Waals surface area contributed by atoms with Crippen molar-refractivity contribution in [3.05, 3.63) is 30.5 Å². The summed E-state index contributed by atoms with van der Waals surface area (Å²) >= 11 is 0. The summed E-state index contributed by atoms with van der Waals surface area (Å²) in [5.41, 5.74) is 1.94. The molecule has 126 valence electrons. The van der Waals surface area contributed by atoms with E-state index in [2.05, 4.69) is 22.9 Å². The number of hydrogen-bond donors (Lipinski definition) is 1. The van der Waals surface area contributed by atoms with Crippen LogP contribution in [-0.2, 0) is 16.0 Å². The van der Waals surface area contributed by atoms with Gasteiger partial charge < -0.3 is 24.3 Å². The third-order valence-corrected chi connectivity index (χ3v) is 3.79. The lowest BCUT2D eigenvalue weighted by molar-refractivity contribution is 0.127. The van der Waals surface area contributed by atoms with Gasteiger partial charge in [0.05, 0.1) is 24.4 Å². The average Bonchev–Trinajstić information content (AvgIpc) is 2.93. The first-order valence-corrected chi connectivity index (χ1v) is 7.83. The Morgan fingerprint density at radius 2 is 1.83 bits per heavy atom. The van der Waals surface area contributed by atoms with Crippen molar-refractivity contribution >= 4 is 22.6 Å². The van der Waals surface area contributed by atoms with Crippen molar-refractivity contribution in [1.29, 1.82) is 0 Å². The molecule has 2 amide bonds. The summed E-state index contributed by atoms with van der Waals surface area (Å²) in [6, 6.07) is 7.92. The van der Waals surface area contributed by atoms with E-state index in [4.69, 9.17) is 9.47 Å². The molecule has 1 heterocycles. The zero-order chi connectivity index (χ0) is 16.7. The highest BCUT2D eigenvalue weighted by atomic mass is 16.5. The summed E-state index contributed by atoms with van der Waals surface area (Å²) in [6.45, 7) is 4.98. The molecule has 0 fully saturated rings. The first-order valence-electron chi connectivity index (χ1n) is 7.83. The van der Waals surface area contributed by atoms with Crippen LogP contribution >= 0.6 is 0 Å². The van der Waals surface area contributed by atoms with Gasteiger partial charge in [-0.25, -0.2) is 4.79 Å². The fourth-order valence-electron chi connectivity index (χ4n) is 2.52. The molecule has 0 aliphatic rings. The highest BCUT2D eigenvalue weighted by Gasteiger charge is 2.16. The molecular weight excluding hydrogens is 294 g/mol. The first kappa shape index (κ1) is 17.3. The Morgan fingerprint density at radius 3 is 2.43 bits per heavy atom. The van der Waals surface area contributed by atoms with Crippen molar-refractivity contribution in [2.75, 3.05) is 45.8 Å². The smallest absolute Gasteiger partial charge is 0.322 e. The van der Waals surface area contributed by atoms with Gasteiger partial charge in [0.15, 0.2) is 0 Å². The third-order valence-electron chi connectivity index (χ3n) is 3.79. The molecular formula is C17H25N3O3. The normalized spacial score (nSPS) is 10.9. The number of fused-ring (bicyclic) bond motifs is 1. The van der Waals surface area contributed by atoms with Crippen molar-refractivity contribution in [3.8, 4) is 0 Å². The molecule has 1 N–H and O–H groups in total. The van der Waals surface area contributed by atoms with Crippen molar-refractivity contribution < 1.29 is 14.3 Å². The highest BCUT2D eigenvalue weighted by Crippen LogP contribution is 2.26. The minimum Gasteiger partial charge on any atom is -0.383 e. The molecule has 6 nitrogen and oxygen atoms in total. The van der Waals surface area contributed by atoms with Crippen molar-refractivity contribution in [1.82, 2.24) is 9.47 Å². The minimum atomic E-state index is -0.141. The van der Waals surface area contributed by atoms with E-state index >= 15 is 0 Å². The molecule has 1 aromatic heterocycles. The summed E-state index contributed by atoms with van der Waals surface area (Å²) in [5.74, 6) is 0. The Balaban J connectivity index is 2.17. The number of aromatic nitrogens is 1. The van der Waals surface area contributed by atoms with Crippen molar-refractivity contribution in [2.24, 2.45) is 0 Å². The summed E-state index contributed by atoms with van der Waals surface area (Å²) in [4.78, 5) is 14.3. The quantitative estimate of drug-likeness (QED) is 0.814. The number of benzene rings is 1. The highest BCUT2D eigenvalue weighted by molar-refractivity contribution is 6.01. The maximum atomic E-state index is 12.6. The van der Waals surface area contributed by atoms with Gasteiger partial charge >= 0.3 is 6.03 Å². The zero-order valence-electron chi connectivity index (χ0n) is 14.0. The predicted molar refractivity (Wildman–Crippen MR) is 92.0 cm³/mol. The van der Waals surface area contributed by atoms with E-state index in [0.717, 1.165) is 23.1 Å². The molecule has 2 rings (SSSR count). The lowest BCUT2D eigenvalue weighted by Crippen LogP contribution is -2.39. The molecule has 1 aromatic carbocycles. The predicted octanol–water partition coefficient (Wildman–Crippen LogP) is 2.79. The lowest BCUT2D eigenvalue weighted by atomic mass is 10.2. The standard InChI is InChI=1S/C17H25N3O3/c1-4-19-13-15(14-7-5-6-8-16(14)19)18-17(21)20(9-11-22-2)10-12-23-3/h5-8,13H,4,9-12H2,1-3H3,(H,18,21). The number of nitrogens with zero attached hydrogens (tertiary/aromatic N) is 2. The summed E-state index contributed by atoms with van der Waals surface area (Å²) in [7, 11) is 3.25. The monoisotopic (exact) mass is 319 g/mol. The van der Waals surface area contributed by atoms with Gasteiger partial charge in [0.2, 0.25) is 0 Å². The molecule has 0 atom stereocenters. The molecule has 0 saturated carbocycles. The Labute approximate surface area is 137 Å². The van der Waals surface area contributed by atoms with Gasteiger partial charge in [0.1, 0.15) is 0 Å². The molecule has 0 spiro atoms. The van der Waals surface area contributed by atoms with Gasteiger partial charge in [-0.3, -0.25) is 0 Å². The molecule has 6 heteroatoms. The van der Waals surface area contributed by atoms with Gasteiger partial charge in [0.25, 0.3) is 0 Å². The van der Waals surface area contributed by atoms with Crippen LogP contribution in [0.25, 0.3) is 10.9 Å². The number of ether oxygens (including phenoxy) is 2. The van der Waals surface area contributed by atoms with E-state index in [0.29, 0.717) is 26.3 Å². The summed E-state index contributed by atoms with van der Waals surface area (Å²) < 4.78 is 12.3. The lowest BCUT2D eigenvalue weighted by Gasteiger charge is -2.22. The fraction of sp³-hybridized carbons (Fsp3) is 0.471. The van der Waals surface area contributed by atoms with E-state index in [-0.39, 0.29) is 6.03 Å². The van der Waals surface area contributed by atoms with Crippen LogP contribution in [0.4, 0.5) is 10.5 Å². The number of rotatable bonds is 8. The number of methoxy groups -OCH3 is 2. The van der Waals surface area contributed by atoms with Crippen molar-refractivity contribution in [3.63, 3.8) is 0 Å². The Morgan fingerprint density at radius 1 is 1.17 bits per heavy atom. The fourth-order valence-corrected chi connectivity index (χ4v) is 2.52. The Kier molecular flexibility index (Phi) is 6.43. The number of amides is 2. The number of para-hydroxylation sites is 1. The van der Waals surface area contributed by atoms with Crippen LogP contribution in [0.2, 0.25) is 0 Å². The topological polar surface area (TPSA) is 55.7 Å². The van der Waals surface area contributed by atoms with Gasteiger partial charge in [-0.1, -0.05) is 18.2 Å². The Hall–Kier alpha value is -2.05. The third kappa shape index (κ3) is 4.24. The molecule has 0 unspecified atom stereocenters. The SMILES string of the molecule is CCn1cc(NC(=O)N(CCOC)CCOC)c2ccccc21. The molecule has 0 bridgehead atoms. The van der Waals surface area contributed by atoms with Gasteiger partial charge in [-0.15, -0.1) is 0 Å². The van der Waals surface area contributed by atoms with E-state index < -0.39 is 0 Å². The number of hydrogen-bond acceptors (Lipinski definition) is 3. The van der Waals surface area contributed by atoms with Gasteiger partial charge in [-0.05, 0) is 13.0 Å². The van der Waals surface area contributed by atoms with Crippen LogP contribution in [0, 0.1) is 0 Å². The second-order valence-electron chi connectivity index (χ2n) is 5.25. The number of aryl methyl sites for hydroxylation is 1. The number of anilines is 1. The number of carbonyl (C=O) groups excluding carboxylic acids is 1. The second kappa shape index (κ2) is 8.55. The average molecular weight is 319 g/mol. The summed E-state index contributed by atoms with van der Waals surface area (Å²) in [5, 5.41) is 4.06. The van der Waals surface area contributed by atoms with E-state index in [1.165, 1.54) is 0 Å². The van der Waals surface area contributed by atoms with Gasteiger partial charge in [-0.2, -0.15) is 0 Å². The van der Waals surface area contributed by atoms with Crippen LogP contribution in [-0.4, -0.2) is 56.0 Å². The van der Waals surface area contributed by atoms with Gasteiger partial charge in [0, 0.05) is 45.4 Å². The Bertz CT molecular complexity index is 631. The summed E-state index contributed by atoms with van der Waals surface area (Å²) in [6.07, 6.45) is 1.98. The molecule has 0 aliphatic carbocycles. The second-order valence-corrected chi connectivity index (χ2v) is 5.25. The first-order chi connectivity index (χ1) is 11.2. The van der Waals surface area contributed by atoms with E-state index in [9.17, 15) is 4.79 Å². The maximum absolute atomic E-state index is 12.6. The van der Waals surface area contributed by atoms with Crippen LogP contribution in [0.3, 0.4) is 0 Å². The number of nitrogens with one attached hydrogen (secondary N) is 1. The van der Waals surface area contributed by atoms with Crippen LogP contribution < -0.4 is 5.32 Å².